The second kappa shape index (κ2) is 6.06. The molecule has 3 heteroatoms. The van der Waals surface area contributed by atoms with E-state index >= 15 is 0 Å². The minimum absolute atomic E-state index is 0.627. The van der Waals surface area contributed by atoms with Crippen LogP contribution < -0.4 is 10.1 Å². The molecule has 1 aliphatic rings. The molecule has 104 valence electrons. The van der Waals surface area contributed by atoms with E-state index in [1.54, 1.807) is 7.11 Å². The summed E-state index contributed by atoms with van der Waals surface area (Å²) in [6, 6.07) is 13.2. The Kier molecular flexibility index (Phi) is 3.97. The lowest BCUT2D eigenvalue weighted by Crippen LogP contribution is -2.39. The molecule has 1 heterocycles. The van der Waals surface area contributed by atoms with Crippen LogP contribution >= 0.6 is 0 Å². The Morgan fingerprint density at radius 2 is 2.00 bits per heavy atom. The smallest absolute Gasteiger partial charge is 0.118 e. The van der Waals surface area contributed by atoms with Gasteiger partial charge in [-0.05, 0) is 48.1 Å². The first-order valence-electron chi connectivity index (χ1n) is 7.11. The lowest BCUT2D eigenvalue weighted by molar-refractivity contribution is 0.289. The summed E-state index contributed by atoms with van der Waals surface area (Å²) in [5.74, 6) is 1.62. The van der Waals surface area contributed by atoms with Crippen molar-refractivity contribution in [2.45, 2.75) is 31.3 Å². The Hall–Kier alpha value is -1.87. The molecule has 3 rings (SSSR count). The number of hydrogen-bond acceptors (Lipinski definition) is 3. The summed E-state index contributed by atoms with van der Waals surface area (Å²) in [6.45, 7) is 0.911. The third kappa shape index (κ3) is 2.99. The van der Waals surface area contributed by atoms with Gasteiger partial charge in [-0.3, -0.25) is 4.98 Å². The highest BCUT2D eigenvalue weighted by Crippen LogP contribution is 2.37. The standard InChI is InChI=1S/C17H20N2O/c1-20-17-6-4-14(5-7-17)15-9-16(10-15)19-12-13-3-2-8-18-11-13/h2-8,11,15-16,19H,9-10,12H2,1H3. The number of benzene rings is 1. The van der Waals surface area contributed by atoms with Crippen LogP contribution in [0.5, 0.6) is 5.75 Å². The average Bonchev–Trinajstić information content (AvgIpc) is 2.47. The maximum atomic E-state index is 5.19. The van der Waals surface area contributed by atoms with Crippen LogP contribution in [0.25, 0.3) is 0 Å². The maximum absolute atomic E-state index is 5.19. The van der Waals surface area contributed by atoms with Gasteiger partial charge in [0.25, 0.3) is 0 Å². The highest BCUT2D eigenvalue weighted by molar-refractivity contribution is 5.31. The third-order valence-corrected chi connectivity index (χ3v) is 4.04. The quantitative estimate of drug-likeness (QED) is 0.904. The Labute approximate surface area is 120 Å². The summed E-state index contributed by atoms with van der Waals surface area (Å²) < 4.78 is 5.19. The Morgan fingerprint density at radius 3 is 2.65 bits per heavy atom. The van der Waals surface area contributed by atoms with E-state index in [1.807, 2.05) is 30.6 Å². The lowest BCUT2D eigenvalue weighted by Gasteiger charge is -2.36. The number of rotatable bonds is 5. The van der Waals surface area contributed by atoms with Gasteiger partial charge in [0.2, 0.25) is 0 Å². The van der Waals surface area contributed by atoms with E-state index in [0.29, 0.717) is 12.0 Å². The van der Waals surface area contributed by atoms with Gasteiger partial charge in [0.15, 0.2) is 0 Å². The van der Waals surface area contributed by atoms with Gasteiger partial charge in [0.05, 0.1) is 7.11 Å². The van der Waals surface area contributed by atoms with Crippen LogP contribution in [-0.2, 0) is 6.54 Å². The SMILES string of the molecule is COc1ccc(C2CC(NCc3cccnc3)C2)cc1. The zero-order valence-corrected chi connectivity index (χ0v) is 11.8. The minimum Gasteiger partial charge on any atom is -0.497 e. The summed E-state index contributed by atoms with van der Waals surface area (Å²) in [5.41, 5.74) is 2.67. The number of pyridine rings is 1. The van der Waals surface area contributed by atoms with Crippen molar-refractivity contribution in [3.05, 3.63) is 59.9 Å². The van der Waals surface area contributed by atoms with Gasteiger partial charge in [-0.1, -0.05) is 18.2 Å². The number of aromatic nitrogens is 1. The fraction of sp³-hybridized carbons (Fsp3) is 0.353. The molecule has 0 aliphatic heterocycles. The van der Waals surface area contributed by atoms with E-state index < -0.39 is 0 Å². The zero-order chi connectivity index (χ0) is 13.8. The number of hydrogen-bond donors (Lipinski definition) is 1. The Bertz CT molecular complexity index is 533. The number of methoxy groups -OCH3 is 1. The molecule has 0 radical (unpaired) electrons. The molecule has 0 spiro atoms. The highest BCUT2D eigenvalue weighted by Gasteiger charge is 2.29. The van der Waals surface area contributed by atoms with E-state index in [4.69, 9.17) is 4.74 Å². The molecule has 1 fully saturated rings. The van der Waals surface area contributed by atoms with Crippen LogP contribution in [0, 0.1) is 0 Å². The molecule has 1 aromatic heterocycles. The van der Waals surface area contributed by atoms with Gasteiger partial charge in [-0.2, -0.15) is 0 Å². The normalized spacial score (nSPS) is 21.2. The van der Waals surface area contributed by atoms with E-state index in [1.165, 1.54) is 24.0 Å². The second-order valence-corrected chi connectivity index (χ2v) is 5.38. The van der Waals surface area contributed by atoms with Gasteiger partial charge in [0.1, 0.15) is 5.75 Å². The largest absolute Gasteiger partial charge is 0.497 e. The van der Waals surface area contributed by atoms with Crippen LogP contribution in [0.1, 0.15) is 29.9 Å². The predicted octanol–water partition coefficient (Wildman–Crippen LogP) is 3.13. The first-order chi connectivity index (χ1) is 9.85. The predicted molar refractivity (Wildman–Crippen MR) is 79.8 cm³/mol. The van der Waals surface area contributed by atoms with Crippen molar-refractivity contribution in [3.8, 4) is 5.75 Å². The van der Waals surface area contributed by atoms with Crippen molar-refractivity contribution in [2.24, 2.45) is 0 Å². The Morgan fingerprint density at radius 1 is 1.20 bits per heavy atom. The van der Waals surface area contributed by atoms with Gasteiger partial charge in [-0.25, -0.2) is 0 Å². The molecule has 3 nitrogen and oxygen atoms in total. The van der Waals surface area contributed by atoms with Crippen molar-refractivity contribution in [1.29, 1.82) is 0 Å². The number of ether oxygens (including phenoxy) is 1. The molecule has 1 N–H and O–H groups in total. The average molecular weight is 268 g/mol. The first kappa shape index (κ1) is 13.1. The summed E-state index contributed by atoms with van der Waals surface area (Å²) >= 11 is 0. The molecule has 1 saturated carbocycles. The molecule has 0 bridgehead atoms. The van der Waals surface area contributed by atoms with Crippen LogP contribution in [0.2, 0.25) is 0 Å². The summed E-state index contributed by atoms with van der Waals surface area (Å²) in [5, 5.41) is 3.59. The topological polar surface area (TPSA) is 34.1 Å². The van der Waals surface area contributed by atoms with Gasteiger partial charge < -0.3 is 10.1 Å². The van der Waals surface area contributed by atoms with E-state index in [0.717, 1.165) is 12.3 Å². The fourth-order valence-corrected chi connectivity index (χ4v) is 2.70. The highest BCUT2D eigenvalue weighted by atomic mass is 16.5. The van der Waals surface area contributed by atoms with Crippen LogP contribution in [0.3, 0.4) is 0 Å². The van der Waals surface area contributed by atoms with Crippen molar-refractivity contribution in [3.63, 3.8) is 0 Å². The molecule has 0 unspecified atom stereocenters. The molecule has 1 aromatic carbocycles. The van der Waals surface area contributed by atoms with E-state index in [9.17, 15) is 0 Å². The van der Waals surface area contributed by atoms with Crippen molar-refractivity contribution >= 4 is 0 Å². The fourth-order valence-electron chi connectivity index (χ4n) is 2.70. The van der Waals surface area contributed by atoms with Crippen LogP contribution in [0.15, 0.2) is 48.8 Å². The summed E-state index contributed by atoms with van der Waals surface area (Å²) in [4.78, 5) is 4.13. The monoisotopic (exact) mass is 268 g/mol. The summed E-state index contributed by atoms with van der Waals surface area (Å²) in [6.07, 6.45) is 6.17. The van der Waals surface area contributed by atoms with E-state index in [-0.39, 0.29) is 0 Å². The van der Waals surface area contributed by atoms with Crippen molar-refractivity contribution in [2.75, 3.05) is 7.11 Å². The second-order valence-electron chi connectivity index (χ2n) is 5.38. The maximum Gasteiger partial charge on any atom is 0.118 e. The van der Waals surface area contributed by atoms with Crippen molar-refractivity contribution < 1.29 is 4.74 Å². The molecular weight excluding hydrogens is 248 g/mol. The Balaban J connectivity index is 1.46. The minimum atomic E-state index is 0.627. The molecule has 1 aliphatic carbocycles. The molecule has 2 aromatic rings. The van der Waals surface area contributed by atoms with Crippen molar-refractivity contribution in [1.82, 2.24) is 10.3 Å². The molecule has 0 atom stereocenters. The van der Waals surface area contributed by atoms with Crippen LogP contribution in [-0.4, -0.2) is 18.1 Å². The molecule has 0 amide bonds. The van der Waals surface area contributed by atoms with Gasteiger partial charge in [0, 0.05) is 25.0 Å². The molecule has 0 saturated heterocycles. The van der Waals surface area contributed by atoms with Gasteiger partial charge >= 0.3 is 0 Å². The summed E-state index contributed by atoms with van der Waals surface area (Å²) in [7, 11) is 1.71. The first-order valence-corrected chi connectivity index (χ1v) is 7.11. The van der Waals surface area contributed by atoms with Crippen LogP contribution in [0.4, 0.5) is 0 Å². The molecule has 20 heavy (non-hydrogen) atoms. The zero-order valence-electron chi connectivity index (χ0n) is 11.8. The lowest BCUT2D eigenvalue weighted by atomic mass is 9.76. The number of nitrogens with one attached hydrogen (secondary N) is 1. The molecular formula is C17H20N2O. The van der Waals surface area contributed by atoms with Gasteiger partial charge in [-0.15, -0.1) is 0 Å². The van der Waals surface area contributed by atoms with E-state index in [2.05, 4.69) is 28.5 Å². The number of nitrogens with zero attached hydrogens (tertiary/aromatic N) is 1. The third-order valence-electron chi connectivity index (χ3n) is 4.04.